The van der Waals surface area contributed by atoms with Crippen LogP contribution in [-0.2, 0) is 5.41 Å². The van der Waals surface area contributed by atoms with Gasteiger partial charge in [-0.2, -0.15) is 5.26 Å². The van der Waals surface area contributed by atoms with E-state index in [-0.39, 0.29) is 5.41 Å². The SMILES string of the molecule is COc1sc(C2(C#N)CCC2)cc1Br. The highest BCUT2D eigenvalue weighted by Gasteiger charge is 2.40. The van der Waals surface area contributed by atoms with E-state index in [1.807, 2.05) is 6.07 Å². The molecule has 0 spiro atoms. The quantitative estimate of drug-likeness (QED) is 0.825. The van der Waals surface area contributed by atoms with Gasteiger partial charge in [-0.05, 0) is 41.3 Å². The first-order chi connectivity index (χ1) is 6.72. The van der Waals surface area contributed by atoms with Crippen LogP contribution < -0.4 is 4.74 Å². The summed E-state index contributed by atoms with van der Waals surface area (Å²) in [4.78, 5) is 1.13. The number of rotatable bonds is 2. The summed E-state index contributed by atoms with van der Waals surface area (Å²) in [5, 5.41) is 10.0. The van der Waals surface area contributed by atoms with Crippen LogP contribution in [0.3, 0.4) is 0 Å². The molecule has 1 aromatic rings. The van der Waals surface area contributed by atoms with Crippen LogP contribution in [-0.4, -0.2) is 7.11 Å². The minimum absolute atomic E-state index is 0.218. The molecule has 0 N–H and O–H groups in total. The monoisotopic (exact) mass is 271 g/mol. The number of methoxy groups -OCH3 is 1. The number of ether oxygens (including phenoxy) is 1. The molecule has 1 saturated carbocycles. The highest BCUT2D eigenvalue weighted by molar-refractivity contribution is 9.10. The van der Waals surface area contributed by atoms with Gasteiger partial charge in [0.1, 0.15) is 0 Å². The largest absolute Gasteiger partial charge is 0.486 e. The second kappa shape index (κ2) is 3.56. The van der Waals surface area contributed by atoms with E-state index in [0.29, 0.717) is 0 Å². The Hall–Kier alpha value is -0.530. The number of halogens is 1. The maximum atomic E-state index is 9.16. The molecule has 1 aromatic heterocycles. The van der Waals surface area contributed by atoms with E-state index in [9.17, 15) is 0 Å². The molecule has 14 heavy (non-hydrogen) atoms. The van der Waals surface area contributed by atoms with Crippen molar-refractivity contribution < 1.29 is 4.74 Å². The zero-order valence-corrected chi connectivity index (χ0v) is 10.2. The van der Waals surface area contributed by atoms with Gasteiger partial charge in [-0.15, -0.1) is 11.3 Å². The number of hydrogen-bond acceptors (Lipinski definition) is 3. The standard InChI is InChI=1S/C10H10BrNOS/c1-13-9-7(11)5-8(14-9)10(6-12)3-2-4-10/h5H,2-4H2,1H3. The molecular weight excluding hydrogens is 262 g/mol. The van der Waals surface area contributed by atoms with Crippen molar-refractivity contribution in [1.29, 1.82) is 5.26 Å². The van der Waals surface area contributed by atoms with Gasteiger partial charge in [0.25, 0.3) is 0 Å². The Kier molecular flexibility index (Phi) is 2.54. The lowest BCUT2D eigenvalue weighted by atomic mass is 9.69. The smallest absolute Gasteiger partial charge is 0.188 e. The van der Waals surface area contributed by atoms with E-state index in [1.165, 1.54) is 0 Å². The van der Waals surface area contributed by atoms with Crippen LogP contribution in [0.4, 0.5) is 0 Å². The molecule has 74 valence electrons. The first-order valence-electron chi connectivity index (χ1n) is 4.47. The third-order valence-electron chi connectivity index (χ3n) is 2.73. The summed E-state index contributed by atoms with van der Waals surface area (Å²) in [6, 6.07) is 4.45. The van der Waals surface area contributed by atoms with Crippen molar-refractivity contribution in [3.05, 3.63) is 15.4 Å². The average Bonchev–Trinajstić information content (AvgIpc) is 2.46. The Morgan fingerprint density at radius 3 is 2.71 bits per heavy atom. The zero-order chi connectivity index (χ0) is 10.2. The minimum atomic E-state index is -0.218. The predicted octanol–water partition coefficient (Wildman–Crippen LogP) is 3.46. The fourth-order valence-corrected chi connectivity index (χ4v) is 3.52. The van der Waals surface area contributed by atoms with Crippen LogP contribution in [0.25, 0.3) is 0 Å². The number of thiophene rings is 1. The van der Waals surface area contributed by atoms with Crippen molar-refractivity contribution in [2.45, 2.75) is 24.7 Å². The highest BCUT2D eigenvalue weighted by atomic mass is 79.9. The van der Waals surface area contributed by atoms with Gasteiger partial charge >= 0.3 is 0 Å². The summed E-state index contributed by atoms with van der Waals surface area (Å²) in [6.07, 6.45) is 3.13. The summed E-state index contributed by atoms with van der Waals surface area (Å²) in [5.74, 6) is 0. The van der Waals surface area contributed by atoms with Gasteiger partial charge in [0.2, 0.25) is 0 Å². The lowest BCUT2D eigenvalue weighted by Crippen LogP contribution is -2.31. The van der Waals surface area contributed by atoms with Crippen molar-refractivity contribution >= 4 is 27.3 Å². The molecule has 0 aliphatic heterocycles. The summed E-state index contributed by atoms with van der Waals surface area (Å²) in [6.45, 7) is 0. The third kappa shape index (κ3) is 1.35. The zero-order valence-electron chi connectivity index (χ0n) is 7.84. The fourth-order valence-electron chi connectivity index (χ4n) is 1.67. The Labute approximate surface area is 95.6 Å². The minimum Gasteiger partial charge on any atom is -0.486 e. The van der Waals surface area contributed by atoms with E-state index in [0.717, 1.165) is 33.7 Å². The lowest BCUT2D eigenvalue weighted by Gasteiger charge is -2.33. The normalized spacial score (nSPS) is 18.4. The van der Waals surface area contributed by atoms with Gasteiger partial charge in [-0.25, -0.2) is 0 Å². The summed E-state index contributed by atoms with van der Waals surface area (Å²) in [7, 11) is 1.65. The van der Waals surface area contributed by atoms with Crippen LogP contribution in [0.1, 0.15) is 24.1 Å². The number of nitrogens with zero attached hydrogens (tertiary/aromatic N) is 1. The molecule has 0 radical (unpaired) electrons. The van der Waals surface area contributed by atoms with Gasteiger partial charge < -0.3 is 4.74 Å². The maximum absolute atomic E-state index is 9.16. The van der Waals surface area contributed by atoms with Crippen LogP contribution >= 0.6 is 27.3 Å². The van der Waals surface area contributed by atoms with Crippen molar-refractivity contribution in [1.82, 2.24) is 0 Å². The van der Waals surface area contributed by atoms with Crippen molar-refractivity contribution in [2.75, 3.05) is 7.11 Å². The molecule has 0 bridgehead atoms. The van der Waals surface area contributed by atoms with Crippen LogP contribution in [0.15, 0.2) is 10.5 Å². The summed E-state index contributed by atoms with van der Waals surface area (Å²) < 4.78 is 6.16. The van der Waals surface area contributed by atoms with Gasteiger partial charge in [0, 0.05) is 4.88 Å². The van der Waals surface area contributed by atoms with Gasteiger partial charge in [0.15, 0.2) is 5.06 Å². The Morgan fingerprint density at radius 2 is 2.36 bits per heavy atom. The van der Waals surface area contributed by atoms with Crippen molar-refractivity contribution in [3.8, 4) is 11.1 Å². The molecule has 1 aliphatic rings. The number of nitriles is 1. The van der Waals surface area contributed by atoms with E-state index >= 15 is 0 Å². The van der Waals surface area contributed by atoms with Crippen LogP contribution in [0, 0.1) is 11.3 Å². The van der Waals surface area contributed by atoms with Gasteiger partial charge in [0.05, 0.1) is 23.1 Å². The molecular formula is C10H10BrNOS. The van der Waals surface area contributed by atoms with E-state index in [1.54, 1.807) is 18.4 Å². The number of hydrogen-bond donors (Lipinski definition) is 0. The van der Waals surface area contributed by atoms with Gasteiger partial charge in [-0.1, -0.05) is 0 Å². The summed E-state index contributed by atoms with van der Waals surface area (Å²) >= 11 is 5.00. The topological polar surface area (TPSA) is 33.0 Å². The average molecular weight is 272 g/mol. The van der Waals surface area contributed by atoms with Crippen LogP contribution in [0.2, 0.25) is 0 Å². The fraction of sp³-hybridized carbons (Fsp3) is 0.500. The second-order valence-electron chi connectivity index (χ2n) is 3.50. The molecule has 1 heterocycles. The Morgan fingerprint density at radius 1 is 1.64 bits per heavy atom. The molecule has 2 nitrogen and oxygen atoms in total. The first kappa shape index (κ1) is 10.0. The van der Waals surface area contributed by atoms with Gasteiger partial charge in [-0.3, -0.25) is 0 Å². The Bertz CT molecular complexity index is 389. The molecule has 0 amide bonds. The van der Waals surface area contributed by atoms with E-state index in [2.05, 4.69) is 22.0 Å². The van der Waals surface area contributed by atoms with E-state index < -0.39 is 0 Å². The molecule has 0 saturated heterocycles. The molecule has 4 heteroatoms. The predicted molar refractivity (Wildman–Crippen MR) is 59.7 cm³/mol. The molecule has 1 fully saturated rings. The molecule has 0 aromatic carbocycles. The molecule has 0 atom stereocenters. The van der Waals surface area contributed by atoms with E-state index in [4.69, 9.17) is 10.00 Å². The molecule has 1 aliphatic carbocycles. The third-order valence-corrected chi connectivity index (χ3v) is 4.89. The molecule has 2 rings (SSSR count). The summed E-state index contributed by atoms with van der Waals surface area (Å²) in [5.41, 5.74) is -0.218. The second-order valence-corrected chi connectivity index (χ2v) is 5.37. The Balaban J connectivity index is 2.37. The maximum Gasteiger partial charge on any atom is 0.188 e. The van der Waals surface area contributed by atoms with Crippen molar-refractivity contribution in [3.63, 3.8) is 0 Å². The molecule has 0 unspecified atom stereocenters. The first-order valence-corrected chi connectivity index (χ1v) is 6.08. The van der Waals surface area contributed by atoms with Crippen molar-refractivity contribution in [2.24, 2.45) is 0 Å². The lowest BCUT2D eigenvalue weighted by molar-refractivity contribution is 0.330. The van der Waals surface area contributed by atoms with Crippen LogP contribution in [0.5, 0.6) is 5.06 Å². The highest BCUT2D eigenvalue weighted by Crippen LogP contribution is 2.49.